The Kier molecular flexibility index (Phi) is 4.49. The summed E-state index contributed by atoms with van der Waals surface area (Å²) in [6.07, 6.45) is 2.18. The summed E-state index contributed by atoms with van der Waals surface area (Å²) in [7, 11) is 1.58. The van der Waals surface area contributed by atoms with Crippen LogP contribution in [-0.2, 0) is 6.54 Å². The fourth-order valence-corrected chi connectivity index (χ4v) is 3.58. The van der Waals surface area contributed by atoms with Gasteiger partial charge < -0.3 is 15.2 Å². The maximum Gasteiger partial charge on any atom is 0.355 e. The number of ether oxygens (including phenoxy) is 1. The molecule has 1 aromatic carbocycles. The lowest BCUT2D eigenvalue weighted by Crippen LogP contribution is -2.23. The molecule has 1 amide bonds. The molecule has 0 aliphatic heterocycles. The van der Waals surface area contributed by atoms with Crippen LogP contribution in [0.5, 0.6) is 5.75 Å². The smallest absolute Gasteiger partial charge is 0.355 e. The number of nitrogens with one attached hydrogen (secondary N) is 1. The standard InChI is InChI=1S/C19H17N3O4S/c1-26-11-4-5-14-12(6-11)13(7-15(21-14)10-2-3-10)18(23)20-8-17-22-16(9-27-17)19(24)25/h4-7,9-10H,2-3,8H2,1H3,(H,20,23)(H,24,25). The van der Waals surface area contributed by atoms with Crippen LogP contribution in [0.1, 0.15) is 50.3 Å². The second-order valence-electron chi connectivity index (χ2n) is 6.37. The molecule has 27 heavy (non-hydrogen) atoms. The SMILES string of the molecule is COc1ccc2nc(C3CC3)cc(C(=O)NCc3nc(C(=O)O)cs3)c2c1. The maximum atomic E-state index is 12.8. The van der Waals surface area contributed by atoms with E-state index in [4.69, 9.17) is 9.84 Å². The zero-order valence-corrected chi connectivity index (χ0v) is 15.4. The summed E-state index contributed by atoms with van der Waals surface area (Å²) in [5.74, 6) is -0.251. The van der Waals surface area contributed by atoms with Gasteiger partial charge in [0.25, 0.3) is 5.91 Å². The van der Waals surface area contributed by atoms with Crippen molar-refractivity contribution in [3.63, 3.8) is 0 Å². The lowest BCUT2D eigenvalue weighted by atomic mass is 10.0. The molecule has 0 bridgehead atoms. The number of pyridine rings is 1. The second-order valence-corrected chi connectivity index (χ2v) is 7.31. The molecule has 2 aromatic heterocycles. The van der Waals surface area contributed by atoms with Crippen molar-refractivity contribution < 1.29 is 19.4 Å². The van der Waals surface area contributed by atoms with Crippen molar-refractivity contribution in [3.05, 3.63) is 51.6 Å². The lowest BCUT2D eigenvalue weighted by molar-refractivity contribution is 0.0691. The number of aromatic nitrogens is 2. The number of hydrogen-bond acceptors (Lipinski definition) is 6. The van der Waals surface area contributed by atoms with Crippen molar-refractivity contribution in [1.29, 1.82) is 0 Å². The fourth-order valence-electron chi connectivity index (χ4n) is 2.87. The molecule has 1 aliphatic rings. The molecular weight excluding hydrogens is 366 g/mol. The normalized spacial score (nSPS) is 13.5. The van der Waals surface area contributed by atoms with Crippen LogP contribution in [0.15, 0.2) is 29.6 Å². The summed E-state index contributed by atoms with van der Waals surface area (Å²) >= 11 is 1.20. The van der Waals surface area contributed by atoms with E-state index in [1.165, 1.54) is 16.7 Å². The molecule has 3 aromatic rings. The zero-order chi connectivity index (χ0) is 19.0. The molecule has 2 N–H and O–H groups in total. The van der Waals surface area contributed by atoms with Crippen molar-refractivity contribution >= 4 is 34.1 Å². The third-order valence-electron chi connectivity index (χ3n) is 4.45. The molecule has 0 spiro atoms. The Hall–Kier alpha value is -3.00. The van der Waals surface area contributed by atoms with Gasteiger partial charge >= 0.3 is 5.97 Å². The van der Waals surface area contributed by atoms with Gasteiger partial charge in [-0.1, -0.05) is 0 Å². The number of fused-ring (bicyclic) bond motifs is 1. The summed E-state index contributed by atoms with van der Waals surface area (Å²) in [4.78, 5) is 32.5. The van der Waals surface area contributed by atoms with Gasteiger partial charge in [-0.05, 0) is 37.1 Å². The number of carbonyl (C=O) groups excluding carboxylic acids is 1. The Morgan fingerprint density at radius 3 is 2.78 bits per heavy atom. The predicted octanol–water partition coefficient (Wildman–Crippen LogP) is 3.21. The van der Waals surface area contributed by atoms with Crippen molar-refractivity contribution in [2.75, 3.05) is 7.11 Å². The van der Waals surface area contributed by atoms with Gasteiger partial charge in [0, 0.05) is 22.4 Å². The second kappa shape index (κ2) is 6.96. The molecular formula is C19H17N3O4S. The first kappa shape index (κ1) is 17.4. The number of thiazole rings is 1. The summed E-state index contributed by atoms with van der Waals surface area (Å²) in [6.45, 7) is 0.170. The van der Waals surface area contributed by atoms with Crippen LogP contribution in [-0.4, -0.2) is 34.1 Å². The fraction of sp³-hybridized carbons (Fsp3) is 0.263. The third kappa shape index (κ3) is 3.61. The Morgan fingerprint density at radius 1 is 1.30 bits per heavy atom. The molecule has 8 heteroatoms. The quantitative estimate of drug-likeness (QED) is 0.678. The summed E-state index contributed by atoms with van der Waals surface area (Å²) in [5.41, 5.74) is 2.21. The molecule has 0 atom stereocenters. The van der Waals surface area contributed by atoms with E-state index in [9.17, 15) is 9.59 Å². The number of nitrogens with zero attached hydrogens (tertiary/aromatic N) is 2. The number of aromatic carboxylic acids is 1. The average Bonchev–Trinajstić information content (AvgIpc) is 3.42. The van der Waals surface area contributed by atoms with Gasteiger partial charge in [0.2, 0.25) is 0 Å². The van der Waals surface area contributed by atoms with Gasteiger partial charge in [-0.15, -0.1) is 11.3 Å². The van der Waals surface area contributed by atoms with Crippen molar-refractivity contribution in [2.24, 2.45) is 0 Å². The Labute approximate surface area is 159 Å². The van der Waals surface area contributed by atoms with E-state index < -0.39 is 5.97 Å². The summed E-state index contributed by atoms with van der Waals surface area (Å²) in [5, 5.41) is 14.5. The Balaban J connectivity index is 1.63. The minimum atomic E-state index is -1.08. The van der Waals surface area contributed by atoms with E-state index in [0.717, 1.165) is 29.4 Å². The monoisotopic (exact) mass is 383 g/mol. The van der Waals surface area contributed by atoms with Crippen LogP contribution in [0, 0.1) is 0 Å². The number of rotatable bonds is 6. The highest BCUT2D eigenvalue weighted by atomic mass is 32.1. The van der Waals surface area contributed by atoms with Crippen molar-refractivity contribution in [2.45, 2.75) is 25.3 Å². The van der Waals surface area contributed by atoms with Crippen molar-refractivity contribution in [3.8, 4) is 5.75 Å². The third-order valence-corrected chi connectivity index (χ3v) is 5.30. The van der Waals surface area contributed by atoms with E-state index >= 15 is 0 Å². The number of amides is 1. The molecule has 1 saturated carbocycles. The van der Waals surface area contributed by atoms with E-state index in [-0.39, 0.29) is 18.1 Å². The molecule has 0 radical (unpaired) electrons. The van der Waals surface area contributed by atoms with E-state index in [1.54, 1.807) is 13.2 Å². The minimum Gasteiger partial charge on any atom is -0.497 e. The largest absolute Gasteiger partial charge is 0.497 e. The average molecular weight is 383 g/mol. The summed E-state index contributed by atoms with van der Waals surface area (Å²) in [6, 6.07) is 7.34. The van der Waals surface area contributed by atoms with Crippen molar-refractivity contribution in [1.82, 2.24) is 15.3 Å². The molecule has 2 heterocycles. The first-order valence-corrected chi connectivity index (χ1v) is 9.37. The minimum absolute atomic E-state index is 0.0145. The first-order chi connectivity index (χ1) is 13.0. The van der Waals surface area contributed by atoms with Gasteiger partial charge in [0.1, 0.15) is 10.8 Å². The number of carboxylic acids is 1. The molecule has 1 fully saturated rings. The van der Waals surface area contributed by atoms with Crippen LogP contribution in [0.4, 0.5) is 0 Å². The Morgan fingerprint density at radius 2 is 2.11 bits per heavy atom. The predicted molar refractivity (Wildman–Crippen MR) is 101 cm³/mol. The Bertz CT molecular complexity index is 1040. The highest BCUT2D eigenvalue weighted by molar-refractivity contribution is 7.09. The number of carbonyl (C=O) groups is 2. The number of benzene rings is 1. The molecule has 0 saturated heterocycles. The number of carboxylic acid groups (broad SMARTS) is 1. The van der Waals surface area contributed by atoms with Crippen LogP contribution < -0.4 is 10.1 Å². The van der Waals surface area contributed by atoms with Crippen LogP contribution in [0.3, 0.4) is 0 Å². The van der Waals surface area contributed by atoms with Gasteiger partial charge in [-0.25, -0.2) is 9.78 Å². The van der Waals surface area contributed by atoms with Gasteiger partial charge in [0.05, 0.1) is 24.7 Å². The summed E-state index contributed by atoms with van der Waals surface area (Å²) < 4.78 is 5.28. The molecule has 4 rings (SSSR count). The van der Waals surface area contributed by atoms with Crippen LogP contribution in [0.2, 0.25) is 0 Å². The molecule has 138 valence electrons. The topological polar surface area (TPSA) is 101 Å². The van der Waals surface area contributed by atoms with Gasteiger partial charge in [-0.3, -0.25) is 9.78 Å². The molecule has 1 aliphatic carbocycles. The highest BCUT2D eigenvalue weighted by Gasteiger charge is 2.27. The lowest BCUT2D eigenvalue weighted by Gasteiger charge is -2.11. The van der Waals surface area contributed by atoms with E-state index in [0.29, 0.717) is 22.2 Å². The van der Waals surface area contributed by atoms with Crippen LogP contribution in [0.25, 0.3) is 10.9 Å². The van der Waals surface area contributed by atoms with E-state index in [2.05, 4.69) is 15.3 Å². The molecule has 7 nitrogen and oxygen atoms in total. The zero-order valence-electron chi connectivity index (χ0n) is 14.6. The first-order valence-electron chi connectivity index (χ1n) is 8.49. The van der Waals surface area contributed by atoms with Crippen LogP contribution >= 0.6 is 11.3 Å². The van der Waals surface area contributed by atoms with Gasteiger partial charge in [0.15, 0.2) is 5.69 Å². The number of hydrogen-bond donors (Lipinski definition) is 2. The molecule has 0 unspecified atom stereocenters. The maximum absolute atomic E-state index is 12.8. The van der Waals surface area contributed by atoms with E-state index in [1.807, 2.05) is 18.2 Å². The number of methoxy groups -OCH3 is 1. The van der Waals surface area contributed by atoms with Gasteiger partial charge in [-0.2, -0.15) is 0 Å². The highest BCUT2D eigenvalue weighted by Crippen LogP contribution is 2.40.